The summed E-state index contributed by atoms with van der Waals surface area (Å²) in [5.74, 6) is 1.36. The van der Waals surface area contributed by atoms with E-state index in [9.17, 15) is 0 Å². The minimum Gasteiger partial charge on any atom is -0.260 e. The van der Waals surface area contributed by atoms with Crippen molar-refractivity contribution in [2.75, 3.05) is 10.9 Å². The zero-order valence-electron chi connectivity index (χ0n) is 32.9. The standard InChI is InChI=1S/C44H78N6/c1-3-5-7-9-11-13-15-17-19-21-23-25-27-29-31-35-39-45-47-43-41-37-33-34-38-42(41)44(50-49-43)48-46-40-36-32-30-28-26-24-22-20-18-16-14-12-10-8-6-4-2/h33-34,37-40H,3-32,35-36H2,1-2H3,(H,47,49)(H,48,50)/b45-39-,46-40+. The van der Waals surface area contributed by atoms with Crippen LogP contribution in [0.25, 0.3) is 10.8 Å². The first-order chi connectivity index (χ1) is 24.9. The lowest BCUT2D eigenvalue weighted by atomic mass is 10.0. The van der Waals surface area contributed by atoms with Crippen LogP contribution >= 0.6 is 0 Å². The van der Waals surface area contributed by atoms with E-state index in [0.717, 1.165) is 23.6 Å². The van der Waals surface area contributed by atoms with Crippen molar-refractivity contribution in [2.24, 2.45) is 10.2 Å². The van der Waals surface area contributed by atoms with E-state index in [-0.39, 0.29) is 0 Å². The highest BCUT2D eigenvalue weighted by molar-refractivity contribution is 5.98. The molecular formula is C44H78N6. The fourth-order valence-corrected chi connectivity index (χ4v) is 6.83. The lowest BCUT2D eigenvalue weighted by Crippen LogP contribution is -2.01. The van der Waals surface area contributed by atoms with Gasteiger partial charge in [0.2, 0.25) is 0 Å². The molecule has 2 rings (SSSR count). The second kappa shape index (κ2) is 33.6. The van der Waals surface area contributed by atoms with E-state index >= 15 is 0 Å². The number of fused-ring (bicyclic) bond motifs is 1. The molecule has 1 heterocycles. The largest absolute Gasteiger partial charge is 0.260 e. The van der Waals surface area contributed by atoms with Crippen molar-refractivity contribution in [1.82, 2.24) is 10.2 Å². The van der Waals surface area contributed by atoms with Crippen LogP contribution in [0.4, 0.5) is 11.6 Å². The number of hydrazone groups is 2. The zero-order valence-corrected chi connectivity index (χ0v) is 32.9. The third kappa shape index (κ3) is 23.8. The quantitative estimate of drug-likeness (QED) is 0.0424. The van der Waals surface area contributed by atoms with E-state index in [1.165, 1.54) is 193 Å². The van der Waals surface area contributed by atoms with Gasteiger partial charge in [-0.05, 0) is 25.7 Å². The van der Waals surface area contributed by atoms with Gasteiger partial charge in [-0.15, -0.1) is 10.2 Å². The second-order valence-corrected chi connectivity index (χ2v) is 14.8. The molecule has 1 aromatic carbocycles. The van der Waals surface area contributed by atoms with Crippen LogP contribution in [0.3, 0.4) is 0 Å². The zero-order chi connectivity index (χ0) is 35.4. The van der Waals surface area contributed by atoms with Gasteiger partial charge in [0, 0.05) is 23.2 Å². The number of hydrogen-bond acceptors (Lipinski definition) is 6. The second-order valence-electron chi connectivity index (χ2n) is 14.8. The molecule has 0 unspecified atom stereocenters. The molecule has 0 aliphatic carbocycles. The maximum atomic E-state index is 4.45. The first-order valence-corrected chi connectivity index (χ1v) is 21.7. The van der Waals surface area contributed by atoms with Crippen molar-refractivity contribution in [1.29, 1.82) is 0 Å². The van der Waals surface area contributed by atoms with E-state index in [2.05, 4.69) is 57.2 Å². The monoisotopic (exact) mass is 691 g/mol. The Morgan fingerprint density at radius 2 is 0.660 bits per heavy atom. The average molecular weight is 691 g/mol. The number of anilines is 2. The molecule has 0 saturated carbocycles. The highest BCUT2D eigenvalue weighted by Gasteiger charge is 2.08. The molecule has 0 radical (unpaired) electrons. The molecule has 0 amide bonds. The van der Waals surface area contributed by atoms with Crippen LogP contribution in [-0.4, -0.2) is 22.6 Å². The Balaban J connectivity index is 1.47. The van der Waals surface area contributed by atoms with Gasteiger partial charge in [0.25, 0.3) is 0 Å². The summed E-state index contributed by atoms with van der Waals surface area (Å²) in [7, 11) is 0. The minimum absolute atomic E-state index is 0.681. The van der Waals surface area contributed by atoms with Gasteiger partial charge in [0.1, 0.15) is 0 Å². The maximum absolute atomic E-state index is 4.45. The number of hydrogen-bond donors (Lipinski definition) is 2. The lowest BCUT2D eigenvalue weighted by Gasteiger charge is -2.08. The first-order valence-electron chi connectivity index (χ1n) is 21.7. The molecule has 2 N–H and O–H groups in total. The molecule has 2 aromatic rings. The first kappa shape index (κ1) is 43.7. The van der Waals surface area contributed by atoms with Crippen LogP contribution < -0.4 is 10.9 Å². The predicted octanol–water partition coefficient (Wildman–Crippen LogP) is 14.9. The van der Waals surface area contributed by atoms with Gasteiger partial charge in [-0.1, -0.05) is 218 Å². The molecule has 1 aromatic heterocycles. The molecule has 0 aliphatic heterocycles. The van der Waals surface area contributed by atoms with Crippen LogP contribution in [0.5, 0.6) is 0 Å². The van der Waals surface area contributed by atoms with Crippen LogP contribution in [0.1, 0.15) is 219 Å². The van der Waals surface area contributed by atoms with Crippen molar-refractivity contribution < 1.29 is 0 Å². The Kier molecular flexibility index (Phi) is 29.4. The van der Waals surface area contributed by atoms with Gasteiger partial charge in [-0.25, -0.2) is 0 Å². The van der Waals surface area contributed by atoms with Crippen LogP contribution in [0.2, 0.25) is 0 Å². The van der Waals surface area contributed by atoms with E-state index < -0.39 is 0 Å². The van der Waals surface area contributed by atoms with Gasteiger partial charge in [-0.2, -0.15) is 10.2 Å². The van der Waals surface area contributed by atoms with Gasteiger partial charge >= 0.3 is 0 Å². The van der Waals surface area contributed by atoms with E-state index in [0.29, 0.717) is 11.6 Å². The molecule has 0 bridgehead atoms. The number of benzene rings is 1. The molecule has 284 valence electrons. The average Bonchev–Trinajstić information content (AvgIpc) is 3.14. The summed E-state index contributed by atoms with van der Waals surface area (Å²) in [5.41, 5.74) is 6.25. The molecule has 6 heteroatoms. The van der Waals surface area contributed by atoms with E-state index in [4.69, 9.17) is 0 Å². The number of rotatable bonds is 36. The van der Waals surface area contributed by atoms with Crippen molar-refractivity contribution in [3.8, 4) is 0 Å². The number of unbranched alkanes of at least 4 members (excludes halogenated alkanes) is 30. The third-order valence-electron chi connectivity index (χ3n) is 10.1. The SMILES string of the molecule is CCCCCCCCCCCCCCCCC/C=N\Nc1nnc(N/N=C/CCCCCCCCCCCCCCCCC)c2ccccc12. The molecule has 0 saturated heterocycles. The summed E-state index contributed by atoms with van der Waals surface area (Å²) < 4.78 is 0. The lowest BCUT2D eigenvalue weighted by molar-refractivity contribution is 0.533. The highest BCUT2D eigenvalue weighted by atomic mass is 15.4. The molecule has 0 aliphatic rings. The molecule has 0 spiro atoms. The highest BCUT2D eigenvalue weighted by Crippen LogP contribution is 2.26. The topological polar surface area (TPSA) is 74.6 Å². The van der Waals surface area contributed by atoms with Gasteiger partial charge in [-0.3, -0.25) is 10.9 Å². The van der Waals surface area contributed by atoms with Crippen molar-refractivity contribution in [3.05, 3.63) is 24.3 Å². The fraction of sp³-hybridized carbons (Fsp3) is 0.773. The molecule has 0 atom stereocenters. The summed E-state index contributed by atoms with van der Waals surface area (Å²) in [6.07, 6.45) is 47.6. The van der Waals surface area contributed by atoms with Crippen molar-refractivity contribution >= 4 is 34.8 Å². The van der Waals surface area contributed by atoms with Crippen LogP contribution in [0, 0.1) is 0 Å². The van der Waals surface area contributed by atoms with E-state index in [1.807, 2.05) is 24.6 Å². The minimum atomic E-state index is 0.681. The number of nitrogens with one attached hydrogen (secondary N) is 2. The van der Waals surface area contributed by atoms with Crippen molar-refractivity contribution in [3.63, 3.8) is 0 Å². The summed E-state index contributed by atoms with van der Waals surface area (Å²) in [6, 6.07) is 8.16. The molecule has 50 heavy (non-hydrogen) atoms. The molecule has 0 fully saturated rings. The van der Waals surface area contributed by atoms with E-state index in [1.54, 1.807) is 0 Å². The van der Waals surface area contributed by atoms with Gasteiger partial charge < -0.3 is 0 Å². The molecular weight excluding hydrogens is 613 g/mol. The number of nitrogens with zero attached hydrogens (tertiary/aromatic N) is 4. The summed E-state index contributed by atoms with van der Waals surface area (Å²) >= 11 is 0. The third-order valence-corrected chi connectivity index (χ3v) is 10.1. The van der Waals surface area contributed by atoms with Crippen LogP contribution in [0.15, 0.2) is 34.5 Å². The predicted molar refractivity (Wildman–Crippen MR) is 223 cm³/mol. The molecule has 6 nitrogen and oxygen atoms in total. The Labute approximate surface area is 308 Å². The van der Waals surface area contributed by atoms with Gasteiger partial charge in [0.05, 0.1) is 0 Å². The normalized spacial score (nSPS) is 11.8. The Bertz CT molecular complexity index is 999. The smallest absolute Gasteiger partial charge is 0.176 e. The summed E-state index contributed by atoms with van der Waals surface area (Å²) in [6.45, 7) is 4.59. The Hall–Kier alpha value is -2.50. The summed E-state index contributed by atoms with van der Waals surface area (Å²) in [4.78, 5) is 0. The summed E-state index contributed by atoms with van der Waals surface area (Å²) in [5, 5.41) is 19.7. The van der Waals surface area contributed by atoms with Crippen molar-refractivity contribution in [2.45, 2.75) is 219 Å². The number of aromatic nitrogens is 2. The fourth-order valence-electron chi connectivity index (χ4n) is 6.83. The maximum Gasteiger partial charge on any atom is 0.176 e. The van der Waals surface area contributed by atoms with Gasteiger partial charge in [0.15, 0.2) is 11.6 Å². The Morgan fingerprint density at radius 1 is 0.400 bits per heavy atom. The van der Waals surface area contributed by atoms with Crippen LogP contribution in [-0.2, 0) is 0 Å². The Morgan fingerprint density at radius 3 is 0.940 bits per heavy atom.